The number of nitrogens with zero attached hydrogens (tertiary/aromatic N) is 2. The summed E-state index contributed by atoms with van der Waals surface area (Å²) < 4.78 is 24.1. The van der Waals surface area contributed by atoms with E-state index in [1.54, 1.807) is 55.5 Å². The van der Waals surface area contributed by atoms with Crippen molar-refractivity contribution in [2.75, 3.05) is 26.1 Å². The molecule has 3 aromatic carbocycles. The van der Waals surface area contributed by atoms with Gasteiger partial charge in [0.2, 0.25) is 11.8 Å². The average Bonchev–Trinajstić information content (AvgIpc) is 3.17. The number of ether oxygens (including phenoxy) is 2. The van der Waals surface area contributed by atoms with E-state index in [0.29, 0.717) is 46.0 Å². The van der Waals surface area contributed by atoms with Crippen LogP contribution in [0.2, 0.25) is 5.02 Å². The molecule has 0 saturated carbocycles. The van der Waals surface area contributed by atoms with E-state index in [9.17, 15) is 14.0 Å². The van der Waals surface area contributed by atoms with E-state index in [1.165, 1.54) is 23.9 Å². The Hall–Kier alpha value is -3.56. The smallest absolute Gasteiger partial charge is 0.242 e. The monoisotopic (exact) mass is 541 g/mol. The minimum atomic E-state index is -0.649. The van der Waals surface area contributed by atoms with Crippen LogP contribution >= 0.6 is 23.4 Å². The Balaban J connectivity index is 1.52. The number of amides is 2. The number of carbonyl (C=O) groups is 2. The van der Waals surface area contributed by atoms with Crippen LogP contribution in [0.15, 0.2) is 71.7 Å². The molecular formula is C27H25ClFN3O4S. The molecule has 0 aromatic heterocycles. The number of methoxy groups -OCH3 is 2. The van der Waals surface area contributed by atoms with Gasteiger partial charge in [0.05, 0.1) is 19.9 Å². The molecule has 10 heteroatoms. The van der Waals surface area contributed by atoms with Gasteiger partial charge < -0.3 is 14.8 Å². The van der Waals surface area contributed by atoms with Crippen LogP contribution in [0.4, 0.5) is 15.8 Å². The third kappa shape index (κ3) is 6.81. The molecule has 0 unspecified atom stereocenters. The first-order valence-electron chi connectivity index (χ1n) is 11.4. The summed E-state index contributed by atoms with van der Waals surface area (Å²) in [5.74, 6) is 0.310. The molecule has 1 aliphatic rings. The molecule has 1 aliphatic heterocycles. The lowest BCUT2D eigenvalue weighted by Crippen LogP contribution is -2.35. The molecule has 7 nitrogen and oxygen atoms in total. The van der Waals surface area contributed by atoms with Crippen molar-refractivity contribution >= 4 is 51.7 Å². The fraction of sp³-hybridized carbons (Fsp3) is 0.222. The van der Waals surface area contributed by atoms with Gasteiger partial charge >= 0.3 is 0 Å². The number of aliphatic imine (C=N–C) groups is 1. The molecule has 0 aliphatic carbocycles. The summed E-state index contributed by atoms with van der Waals surface area (Å²) in [7, 11) is 3.13. The second-order valence-corrected chi connectivity index (χ2v) is 9.78. The van der Waals surface area contributed by atoms with Crippen LogP contribution in [-0.2, 0) is 16.0 Å². The Morgan fingerprint density at radius 1 is 1.08 bits per heavy atom. The van der Waals surface area contributed by atoms with Gasteiger partial charge in [-0.15, -0.1) is 0 Å². The summed E-state index contributed by atoms with van der Waals surface area (Å²) in [4.78, 5) is 32.2. The molecule has 0 bridgehead atoms. The highest BCUT2D eigenvalue weighted by Crippen LogP contribution is 2.33. The lowest BCUT2D eigenvalue weighted by molar-refractivity contribution is -0.128. The van der Waals surface area contributed by atoms with Crippen molar-refractivity contribution in [1.82, 2.24) is 4.90 Å². The molecule has 3 aromatic rings. The molecule has 1 heterocycles. The number of nitrogens with one attached hydrogen (secondary N) is 1. The number of halogens is 2. The zero-order valence-corrected chi connectivity index (χ0v) is 21.8. The van der Waals surface area contributed by atoms with Gasteiger partial charge in [0, 0.05) is 23.7 Å². The summed E-state index contributed by atoms with van der Waals surface area (Å²) in [6, 6.07) is 18.1. The van der Waals surface area contributed by atoms with E-state index in [2.05, 4.69) is 10.3 Å². The van der Waals surface area contributed by atoms with E-state index in [0.717, 1.165) is 5.56 Å². The van der Waals surface area contributed by atoms with Crippen LogP contribution in [-0.4, -0.2) is 47.9 Å². The maximum absolute atomic E-state index is 13.4. The van der Waals surface area contributed by atoms with Crippen molar-refractivity contribution < 1.29 is 23.5 Å². The minimum absolute atomic E-state index is 0.0364. The Kier molecular flexibility index (Phi) is 8.68. The Morgan fingerprint density at radius 3 is 2.54 bits per heavy atom. The lowest BCUT2D eigenvalue weighted by atomic mass is 10.1. The van der Waals surface area contributed by atoms with E-state index < -0.39 is 5.25 Å². The number of benzene rings is 3. The molecule has 1 saturated heterocycles. The fourth-order valence-corrected chi connectivity index (χ4v) is 5.15. The summed E-state index contributed by atoms with van der Waals surface area (Å²) in [5, 5.41) is 3.09. The summed E-state index contributed by atoms with van der Waals surface area (Å²) in [6.45, 7) is 0.341. The second kappa shape index (κ2) is 12.1. The average molecular weight is 542 g/mol. The van der Waals surface area contributed by atoms with Crippen LogP contribution < -0.4 is 14.8 Å². The standard InChI is InChI=1S/C27H25ClFN3O4S/c1-35-22-11-6-17(14-23(22)36-2)12-13-32-26(34)24(16-25(33)30-21-5-3-4-18(28)15-21)37-27(32)31-20-9-7-19(29)8-10-20/h3-11,14-15,24H,12-13,16H2,1-2H3,(H,30,33)/t24-/m0/s1. The SMILES string of the molecule is COc1ccc(CCN2C(=O)[C@H](CC(=O)Nc3cccc(Cl)c3)SC2=Nc2ccc(F)cc2)cc1OC. The molecule has 1 fully saturated rings. The van der Waals surface area contributed by atoms with Gasteiger partial charge in [0.15, 0.2) is 16.7 Å². The van der Waals surface area contributed by atoms with Gasteiger partial charge in [-0.1, -0.05) is 35.5 Å². The number of rotatable bonds is 9. The summed E-state index contributed by atoms with van der Waals surface area (Å²) in [5.41, 5.74) is 2.01. The van der Waals surface area contributed by atoms with E-state index >= 15 is 0 Å². The molecule has 2 amide bonds. The number of anilines is 1. The highest BCUT2D eigenvalue weighted by atomic mass is 35.5. The van der Waals surface area contributed by atoms with Crippen molar-refractivity contribution in [3.8, 4) is 11.5 Å². The van der Waals surface area contributed by atoms with E-state index in [-0.39, 0.29) is 24.1 Å². The van der Waals surface area contributed by atoms with Crippen LogP contribution in [0.3, 0.4) is 0 Å². The van der Waals surface area contributed by atoms with Crippen molar-refractivity contribution in [3.05, 3.63) is 83.1 Å². The van der Waals surface area contributed by atoms with Crippen LogP contribution in [0, 0.1) is 5.82 Å². The normalized spacial score (nSPS) is 16.2. The maximum atomic E-state index is 13.4. The Morgan fingerprint density at radius 2 is 1.84 bits per heavy atom. The van der Waals surface area contributed by atoms with Crippen molar-refractivity contribution in [1.29, 1.82) is 0 Å². The van der Waals surface area contributed by atoms with Crippen LogP contribution in [0.1, 0.15) is 12.0 Å². The lowest BCUT2D eigenvalue weighted by Gasteiger charge is -2.17. The summed E-state index contributed by atoms with van der Waals surface area (Å²) >= 11 is 7.22. The molecule has 4 rings (SSSR count). The molecule has 1 atom stereocenters. The zero-order chi connectivity index (χ0) is 26.4. The molecule has 37 heavy (non-hydrogen) atoms. The second-order valence-electron chi connectivity index (χ2n) is 8.17. The molecule has 192 valence electrons. The largest absolute Gasteiger partial charge is 0.493 e. The van der Waals surface area contributed by atoms with Crippen molar-refractivity contribution in [3.63, 3.8) is 0 Å². The third-order valence-electron chi connectivity index (χ3n) is 5.62. The molecule has 0 radical (unpaired) electrons. The third-order valence-corrected chi connectivity index (χ3v) is 7.03. The van der Waals surface area contributed by atoms with Gasteiger partial charge in [-0.05, 0) is 66.6 Å². The van der Waals surface area contributed by atoms with Gasteiger partial charge in [-0.25, -0.2) is 9.38 Å². The topological polar surface area (TPSA) is 80.2 Å². The molecule has 0 spiro atoms. The quantitative estimate of drug-likeness (QED) is 0.376. The van der Waals surface area contributed by atoms with E-state index in [1.807, 2.05) is 18.2 Å². The minimum Gasteiger partial charge on any atom is -0.493 e. The number of carbonyl (C=O) groups excluding carboxylic acids is 2. The highest BCUT2D eigenvalue weighted by Gasteiger charge is 2.39. The Bertz CT molecular complexity index is 1320. The van der Waals surface area contributed by atoms with Gasteiger partial charge in [0.25, 0.3) is 0 Å². The first-order chi connectivity index (χ1) is 17.9. The Labute approximate surface area is 223 Å². The number of amidine groups is 1. The van der Waals surface area contributed by atoms with Gasteiger partial charge in [0.1, 0.15) is 11.1 Å². The first kappa shape index (κ1) is 26.5. The number of thioether (sulfide) groups is 1. The number of hydrogen-bond donors (Lipinski definition) is 1. The summed E-state index contributed by atoms with van der Waals surface area (Å²) in [6.07, 6.45) is 0.488. The fourth-order valence-electron chi connectivity index (χ4n) is 3.78. The first-order valence-corrected chi connectivity index (χ1v) is 12.7. The van der Waals surface area contributed by atoms with Gasteiger partial charge in [-0.3, -0.25) is 14.5 Å². The number of hydrogen-bond acceptors (Lipinski definition) is 6. The highest BCUT2D eigenvalue weighted by molar-refractivity contribution is 8.15. The van der Waals surface area contributed by atoms with Crippen molar-refractivity contribution in [2.24, 2.45) is 4.99 Å². The molecular weight excluding hydrogens is 517 g/mol. The van der Waals surface area contributed by atoms with Crippen LogP contribution in [0.5, 0.6) is 11.5 Å². The van der Waals surface area contributed by atoms with E-state index in [4.69, 9.17) is 21.1 Å². The predicted molar refractivity (Wildman–Crippen MR) is 145 cm³/mol. The van der Waals surface area contributed by atoms with Crippen molar-refractivity contribution in [2.45, 2.75) is 18.1 Å². The molecule has 1 N–H and O–H groups in total. The zero-order valence-electron chi connectivity index (χ0n) is 20.2. The predicted octanol–water partition coefficient (Wildman–Crippen LogP) is 5.70. The van der Waals surface area contributed by atoms with Crippen LogP contribution in [0.25, 0.3) is 0 Å². The maximum Gasteiger partial charge on any atom is 0.242 e. The van der Waals surface area contributed by atoms with Gasteiger partial charge in [-0.2, -0.15) is 0 Å².